The molecule has 1 saturated heterocycles. The fourth-order valence-electron chi connectivity index (χ4n) is 4.13. The first-order chi connectivity index (χ1) is 14.4. The molecule has 3 atom stereocenters. The Labute approximate surface area is 175 Å². The van der Waals surface area contributed by atoms with E-state index in [1.807, 2.05) is 45.0 Å². The van der Waals surface area contributed by atoms with Gasteiger partial charge in [0.1, 0.15) is 25.0 Å². The molecule has 1 N–H and O–H groups in total. The minimum absolute atomic E-state index is 0.114. The monoisotopic (exact) mass is 414 g/mol. The predicted octanol–water partition coefficient (Wildman–Crippen LogP) is 2.51. The van der Waals surface area contributed by atoms with Gasteiger partial charge in [0, 0.05) is 6.61 Å². The summed E-state index contributed by atoms with van der Waals surface area (Å²) >= 11 is 0. The second-order valence-corrected chi connectivity index (χ2v) is 8.83. The molecule has 0 amide bonds. The van der Waals surface area contributed by atoms with Crippen LogP contribution in [0.3, 0.4) is 0 Å². The van der Waals surface area contributed by atoms with Crippen molar-refractivity contribution in [3.05, 3.63) is 65.6 Å². The van der Waals surface area contributed by atoms with Gasteiger partial charge < -0.3 is 14.1 Å². The molecule has 30 heavy (non-hydrogen) atoms. The highest BCUT2D eigenvalue weighted by molar-refractivity contribution is 5.24. The number of tetrazole rings is 1. The number of aromatic nitrogens is 4. The van der Waals surface area contributed by atoms with Gasteiger partial charge in [0.2, 0.25) is 5.82 Å². The van der Waals surface area contributed by atoms with E-state index >= 15 is 4.39 Å². The first kappa shape index (κ1) is 20.7. The fourth-order valence-corrected chi connectivity index (χ4v) is 4.13. The Morgan fingerprint density at radius 2 is 2.07 bits per heavy atom. The van der Waals surface area contributed by atoms with Gasteiger partial charge in [0.15, 0.2) is 11.8 Å². The van der Waals surface area contributed by atoms with Gasteiger partial charge in [-0.3, -0.25) is 0 Å². The summed E-state index contributed by atoms with van der Waals surface area (Å²) in [7, 11) is 0. The molecule has 0 saturated carbocycles. The van der Waals surface area contributed by atoms with Crippen LogP contribution in [0.15, 0.2) is 47.1 Å². The summed E-state index contributed by atoms with van der Waals surface area (Å²) in [5.74, 6) is 1.20. The Balaban J connectivity index is 1.81. The number of benzene rings is 1. The fraction of sp³-hybridized carbons (Fsp3) is 0.500. The largest absolute Gasteiger partial charge is 0.463 e. The minimum Gasteiger partial charge on any atom is -0.463 e. The highest BCUT2D eigenvalue weighted by Crippen LogP contribution is 2.25. The SMILES string of the molecule is CC(C)(C)n1nnnc1[C@@H](c1ccccc1F)[NH+](Cc1ccco1)C[C@H]1CCCO1. The number of nitrogens with one attached hydrogen (secondary N) is 1. The lowest BCUT2D eigenvalue weighted by molar-refractivity contribution is -0.943. The summed E-state index contributed by atoms with van der Waals surface area (Å²) in [5, 5.41) is 12.6. The molecule has 1 fully saturated rings. The lowest BCUT2D eigenvalue weighted by Gasteiger charge is -2.31. The quantitative estimate of drug-likeness (QED) is 0.643. The molecular formula is C22H29FN5O2+. The third-order valence-corrected chi connectivity index (χ3v) is 5.51. The van der Waals surface area contributed by atoms with E-state index in [1.54, 1.807) is 17.0 Å². The number of halogens is 1. The van der Waals surface area contributed by atoms with Crippen molar-refractivity contribution in [1.82, 2.24) is 20.2 Å². The van der Waals surface area contributed by atoms with Crippen LogP contribution in [0.2, 0.25) is 0 Å². The lowest BCUT2D eigenvalue weighted by Crippen LogP contribution is -3.12. The molecule has 7 nitrogen and oxygen atoms in total. The Kier molecular flexibility index (Phi) is 5.97. The van der Waals surface area contributed by atoms with Crippen molar-refractivity contribution in [2.24, 2.45) is 0 Å². The Morgan fingerprint density at radius 1 is 1.23 bits per heavy atom. The maximum atomic E-state index is 15.1. The molecule has 0 radical (unpaired) electrons. The van der Waals surface area contributed by atoms with E-state index < -0.39 is 6.04 Å². The number of furan rings is 1. The number of rotatable bonds is 7. The average Bonchev–Trinajstić information content (AvgIpc) is 3.45. The molecule has 1 aromatic carbocycles. The summed E-state index contributed by atoms with van der Waals surface area (Å²) in [5.41, 5.74) is 0.222. The van der Waals surface area contributed by atoms with E-state index in [9.17, 15) is 0 Å². The number of quaternary nitrogens is 1. The van der Waals surface area contributed by atoms with Gasteiger partial charge in [-0.05, 0) is 68.3 Å². The molecule has 3 aromatic rings. The Morgan fingerprint density at radius 3 is 2.73 bits per heavy atom. The summed E-state index contributed by atoms with van der Waals surface area (Å²) in [6.45, 7) is 8.16. The van der Waals surface area contributed by atoms with Crippen molar-refractivity contribution >= 4 is 0 Å². The van der Waals surface area contributed by atoms with Gasteiger partial charge in [-0.1, -0.05) is 12.1 Å². The summed E-state index contributed by atoms with van der Waals surface area (Å²) < 4.78 is 28.4. The molecule has 1 aliphatic rings. The van der Waals surface area contributed by atoms with Gasteiger partial charge in [-0.25, -0.2) is 9.07 Å². The van der Waals surface area contributed by atoms with Crippen LogP contribution in [0.5, 0.6) is 0 Å². The van der Waals surface area contributed by atoms with Crippen LogP contribution in [0.1, 0.15) is 56.8 Å². The molecule has 4 rings (SSSR count). The van der Waals surface area contributed by atoms with Crippen molar-refractivity contribution in [1.29, 1.82) is 0 Å². The zero-order valence-corrected chi connectivity index (χ0v) is 17.7. The molecular weight excluding hydrogens is 385 g/mol. The van der Waals surface area contributed by atoms with E-state index in [-0.39, 0.29) is 17.5 Å². The highest BCUT2D eigenvalue weighted by atomic mass is 19.1. The number of ether oxygens (including phenoxy) is 1. The van der Waals surface area contributed by atoms with Crippen molar-refractivity contribution in [3.8, 4) is 0 Å². The first-order valence-electron chi connectivity index (χ1n) is 10.4. The maximum Gasteiger partial charge on any atom is 0.214 e. The second-order valence-electron chi connectivity index (χ2n) is 8.83. The zero-order chi connectivity index (χ0) is 21.1. The smallest absolute Gasteiger partial charge is 0.214 e. The predicted molar refractivity (Wildman–Crippen MR) is 108 cm³/mol. The van der Waals surface area contributed by atoms with Crippen molar-refractivity contribution in [2.45, 2.75) is 57.8 Å². The van der Waals surface area contributed by atoms with Gasteiger partial charge >= 0.3 is 0 Å². The van der Waals surface area contributed by atoms with Crippen molar-refractivity contribution in [2.75, 3.05) is 13.2 Å². The summed E-state index contributed by atoms with van der Waals surface area (Å²) in [6.07, 6.45) is 3.82. The zero-order valence-electron chi connectivity index (χ0n) is 17.7. The summed E-state index contributed by atoms with van der Waals surface area (Å²) in [4.78, 5) is 1.09. The van der Waals surface area contributed by atoms with E-state index in [0.29, 0.717) is 24.5 Å². The van der Waals surface area contributed by atoms with E-state index in [0.717, 1.165) is 30.1 Å². The molecule has 1 unspecified atom stereocenters. The van der Waals surface area contributed by atoms with Crippen LogP contribution in [0.4, 0.5) is 4.39 Å². The molecule has 3 heterocycles. The Hall–Kier alpha value is -2.58. The maximum absolute atomic E-state index is 15.1. The third kappa shape index (κ3) is 4.44. The van der Waals surface area contributed by atoms with Crippen molar-refractivity contribution in [3.63, 3.8) is 0 Å². The number of hydrogen-bond donors (Lipinski definition) is 1. The van der Waals surface area contributed by atoms with Crippen LogP contribution >= 0.6 is 0 Å². The third-order valence-electron chi connectivity index (χ3n) is 5.51. The molecule has 0 aliphatic carbocycles. The van der Waals surface area contributed by atoms with E-state index in [2.05, 4.69) is 15.5 Å². The highest BCUT2D eigenvalue weighted by Gasteiger charge is 2.38. The normalized spacial score (nSPS) is 19.1. The van der Waals surface area contributed by atoms with Gasteiger partial charge in [0.25, 0.3) is 0 Å². The molecule has 0 spiro atoms. The van der Waals surface area contributed by atoms with Gasteiger partial charge in [-0.15, -0.1) is 5.10 Å². The number of hydrogen-bond acceptors (Lipinski definition) is 5. The molecule has 1 aliphatic heterocycles. The van der Waals surface area contributed by atoms with Crippen LogP contribution in [0.25, 0.3) is 0 Å². The summed E-state index contributed by atoms with van der Waals surface area (Å²) in [6, 6.07) is 10.3. The molecule has 2 aromatic heterocycles. The minimum atomic E-state index is -0.408. The standard InChI is InChI=1S/C22H28FN5O2/c1-22(2,3)28-21(24-25-26-28)20(18-10-4-5-11-19(18)23)27(14-16-8-6-12-29-16)15-17-9-7-13-30-17/h4-6,8,10-12,17,20H,7,9,13-15H2,1-3H3/p+1/t17-,20-/m1/s1. The average molecular weight is 415 g/mol. The molecule has 160 valence electrons. The second kappa shape index (κ2) is 8.65. The van der Waals surface area contributed by atoms with Crippen LogP contribution < -0.4 is 4.90 Å². The van der Waals surface area contributed by atoms with Crippen LogP contribution in [-0.4, -0.2) is 39.5 Å². The van der Waals surface area contributed by atoms with E-state index in [1.165, 1.54) is 6.07 Å². The van der Waals surface area contributed by atoms with Gasteiger partial charge in [-0.2, -0.15) is 0 Å². The van der Waals surface area contributed by atoms with Crippen molar-refractivity contribution < 1.29 is 18.4 Å². The molecule has 0 bridgehead atoms. The van der Waals surface area contributed by atoms with Gasteiger partial charge in [0.05, 0.1) is 17.4 Å². The molecule has 8 heteroatoms. The number of nitrogens with zero attached hydrogens (tertiary/aromatic N) is 4. The van der Waals surface area contributed by atoms with E-state index in [4.69, 9.17) is 9.15 Å². The van der Waals surface area contributed by atoms with Crippen LogP contribution in [0, 0.1) is 5.82 Å². The topological polar surface area (TPSA) is 70.4 Å². The van der Waals surface area contributed by atoms with Crippen LogP contribution in [-0.2, 0) is 16.8 Å². The Bertz CT molecular complexity index is 945. The first-order valence-corrected chi connectivity index (χ1v) is 10.4. The lowest BCUT2D eigenvalue weighted by atomic mass is 10.0.